The van der Waals surface area contributed by atoms with Crippen LogP contribution in [0.4, 0.5) is 0 Å². The minimum absolute atomic E-state index is 0. The maximum absolute atomic E-state index is 10.0. The average Bonchev–Trinajstić information content (AvgIpc) is 1.87. The van der Waals surface area contributed by atoms with Crippen LogP contribution in [0.3, 0.4) is 0 Å². The van der Waals surface area contributed by atoms with E-state index in [1.807, 2.05) is 0 Å². The molecule has 0 radical (unpaired) electrons. The third kappa shape index (κ3) is 17.0. The van der Waals surface area contributed by atoms with Gasteiger partial charge in [0.15, 0.2) is 0 Å². The molecule has 0 aliphatic heterocycles. The molecule has 0 unspecified atom stereocenters. The number of aliphatic carboxylic acids is 1. The quantitative estimate of drug-likeness (QED) is 0.757. The van der Waals surface area contributed by atoms with Crippen molar-refractivity contribution in [2.24, 2.45) is 0 Å². The van der Waals surface area contributed by atoms with E-state index in [-0.39, 0.29) is 46.3 Å². The van der Waals surface area contributed by atoms with Gasteiger partial charge in [0.25, 0.3) is 0 Å². The van der Waals surface area contributed by atoms with Crippen molar-refractivity contribution in [2.75, 3.05) is 0 Å². The first-order chi connectivity index (χ1) is 4.77. The molecule has 0 spiro atoms. The summed E-state index contributed by atoms with van der Waals surface area (Å²) in [5.74, 6) is -0.670. The number of carboxylic acids is 1. The van der Waals surface area contributed by atoms with Crippen molar-refractivity contribution in [3.05, 3.63) is 0 Å². The summed E-state index contributed by atoms with van der Waals surface area (Å²) in [5.41, 5.74) is 0. The van der Waals surface area contributed by atoms with Crippen molar-refractivity contribution in [3.8, 4) is 0 Å². The van der Waals surface area contributed by atoms with Crippen molar-refractivity contribution in [3.63, 3.8) is 0 Å². The van der Waals surface area contributed by atoms with Crippen LogP contribution in [0.5, 0.6) is 0 Å². The number of hydrogen-bond acceptors (Lipinski definition) is 1. The standard InChI is InChI=1S/C8H16O2.Nd.H2O/c1-2-3-4-5-6-7-8(9)10;;/h2-7H2,1H3,(H,9,10);;1H2. The van der Waals surface area contributed by atoms with Crippen molar-refractivity contribution in [2.45, 2.75) is 45.4 Å². The molecule has 72 valence electrons. The van der Waals surface area contributed by atoms with E-state index in [2.05, 4.69) is 6.92 Å². The number of carbonyl (C=O) groups is 1. The van der Waals surface area contributed by atoms with Crippen molar-refractivity contribution >= 4 is 5.97 Å². The van der Waals surface area contributed by atoms with Gasteiger partial charge in [-0.1, -0.05) is 32.6 Å². The summed E-state index contributed by atoms with van der Waals surface area (Å²) in [7, 11) is 0. The molecule has 0 aromatic rings. The molecule has 0 rings (SSSR count). The van der Waals surface area contributed by atoms with Gasteiger partial charge in [-0.15, -0.1) is 0 Å². The van der Waals surface area contributed by atoms with Crippen LogP contribution in [-0.2, 0) is 4.79 Å². The Labute approximate surface area is 107 Å². The molecule has 0 aliphatic rings. The third-order valence-corrected chi connectivity index (χ3v) is 1.49. The minimum Gasteiger partial charge on any atom is -0.481 e. The van der Waals surface area contributed by atoms with Gasteiger partial charge in [0, 0.05) is 47.3 Å². The second-order valence-corrected chi connectivity index (χ2v) is 2.56. The summed E-state index contributed by atoms with van der Waals surface area (Å²) in [6, 6.07) is 0. The first-order valence-corrected chi connectivity index (χ1v) is 3.99. The molecule has 3 nitrogen and oxygen atoms in total. The Morgan fingerprint density at radius 1 is 1.17 bits per heavy atom. The Bertz CT molecular complexity index is 96.3. The maximum atomic E-state index is 10.0. The fourth-order valence-corrected chi connectivity index (χ4v) is 0.880. The summed E-state index contributed by atoms with van der Waals surface area (Å²) in [6.45, 7) is 2.15. The van der Waals surface area contributed by atoms with Gasteiger partial charge in [-0.2, -0.15) is 0 Å². The molecule has 4 heteroatoms. The van der Waals surface area contributed by atoms with Gasteiger partial charge in [0.05, 0.1) is 0 Å². The first-order valence-electron chi connectivity index (χ1n) is 3.99. The smallest absolute Gasteiger partial charge is 0.303 e. The fourth-order valence-electron chi connectivity index (χ4n) is 0.880. The second kappa shape index (κ2) is 14.3. The SMILES string of the molecule is CCCCCCCC(=O)O.O.[Nd]. The molecule has 0 saturated heterocycles. The molecular weight excluding hydrogens is 288 g/mol. The molecule has 0 amide bonds. The fraction of sp³-hybridized carbons (Fsp3) is 0.875. The molecule has 0 aromatic heterocycles. The molecular formula is C8H18NdO3. The van der Waals surface area contributed by atoms with Gasteiger partial charge >= 0.3 is 5.97 Å². The predicted molar refractivity (Wildman–Crippen MR) is 44.6 cm³/mol. The monoisotopic (exact) mass is 304 g/mol. The summed E-state index contributed by atoms with van der Waals surface area (Å²) < 4.78 is 0. The first kappa shape index (κ1) is 18.5. The van der Waals surface area contributed by atoms with Gasteiger partial charge < -0.3 is 10.6 Å². The second-order valence-electron chi connectivity index (χ2n) is 2.56. The van der Waals surface area contributed by atoms with Gasteiger partial charge in [-0.25, -0.2) is 0 Å². The summed E-state index contributed by atoms with van der Waals surface area (Å²) in [5, 5.41) is 8.27. The Morgan fingerprint density at radius 2 is 1.67 bits per heavy atom. The Balaban J connectivity index is -0.000000405. The Hall–Kier alpha value is 0.781. The maximum Gasteiger partial charge on any atom is 0.303 e. The zero-order valence-electron chi connectivity index (χ0n) is 7.60. The van der Waals surface area contributed by atoms with E-state index in [1.54, 1.807) is 0 Å². The van der Waals surface area contributed by atoms with Crippen LogP contribution in [0.15, 0.2) is 0 Å². The summed E-state index contributed by atoms with van der Waals surface area (Å²) in [6.07, 6.45) is 5.88. The zero-order chi connectivity index (χ0) is 7.82. The molecule has 0 atom stereocenters. The van der Waals surface area contributed by atoms with Gasteiger partial charge in [0.2, 0.25) is 0 Å². The van der Waals surface area contributed by atoms with Crippen molar-refractivity contribution < 1.29 is 56.2 Å². The summed E-state index contributed by atoms with van der Waals surface area (Å²) in [4.78, 5) is 10.0. The van der Waals surface area contributed by atoms with Crippen LogP contribution in [0.2, 0.25) is 0 Å². The van der Waals surface area contributed by atoms with Crippen LogP contribution < -0.4 is 0 Å². The van der Waals surface area contributed by atoms with Crippen LogP contribution >= 0.6 is 0 Å². The molecule has 3 N–H and O–H groups in total. The summed E-state index contributed by atoms with van der Waals surface area (Å²) >= 11 is 0. The Kier molecular flexibility index (Phi) is 22.1. The molecule has 0 saturated carbocycles. The van der Waals surface area contributed by atoms with E-state index in [0.29, 0.717) is 6.42 Å². The van der Waals surface area contributed by atoms with Crippen LogP contribution in [0, 0.1) is 40.8 Å². The van der Waals surface area contributed by atoms with E-state index >= 15 is 0 Å². The molecule has 0 aromatic carbocycles. The number of hydrogen-bond donors (Lipinski definition) is 1. The van der Waals surface area contributed by atoms with Gasteiger partial charge in [-0.05, 0) is 6.42 Å². The van der Waals surface area contributed by atoms with Crippen LogP contribution in [-0.4, -0.2) is 16.6 Å². The molecule has 0 bridgehead atoms. The van der Waals surface area contributed by atoms with E-state index < -0.39 is 5.97 Å². The number of carboxylic acid groups (broad SMARTS) is 1. The van der Waals surface area contributed by atoms with E-state index in [9.17, 15) is 4.79 Å². The van der Waals surface area contributed by atoms with Crippen LogP contribution in [0.25, 0.3) is 0 Å². The predicted octanol–water partition coefficient (Wildman–Crippen LogP) is 1.61. The molecule has 0 aliphatic carbocycles. The van der Waals surface area contributed by atoms with Crippen molar-refractivity contribution in [1.82, 2.24) is 0 Å². The zero-order valence-corrected chi connectivity index (χ0v) is 10.8. The number of rotatable bonds is 6. The minimum atomic E-state index is -0.670. The largest absolute Gasteiger partial charge is 0.481 e. The van der Waals surface area contributed by atoms with Crippen molar-refractivity contribution in [1.29, 1.82) is 0 Å². The van der Waals surface area contributed by atoms with E-state index in [1.165, 1.54) is 19.3 Å². The average molecular weight is 306 g/mol. The normalized spacial score (nSPS) is 8.08. The third-order valence-electron chi connectivity index (χ3n) is 1.49. The molecule has 0 heterocycles. The van der Waals surface area contributed by atoms with E-state index in [4.69, 9.17) is 5.11 Å². The van der Waals surface area contributed by atoms with Crippen LogP contribution in [0.1, 0.15) is 45.4 Å². The topological polar surface area (TPSA) is 68.8 Å². The van der Waals surface area contributed by atoms with E-state index in [0.717, 1.165) is 12.8 Å². The van der Waals surface area contributed by atoms with Gasteiger partial charge in [-0.3, -0.25) is 4.79 Å². The molecule has 12 heavy (non-hydrogen) atoms. The Morgan fingerprint density at radius 3 is 2.08 bits per heavy atom. The number of unbranched alkanes of at least 4 members (excludes halogenated alkanes) is 4. The molecule has 0 fully saturated rings. The van der Waals surface area contributed by atoms with Gasteiger partial charge in [0.1, 0.15) is 0 Å².